The van der Waals surface area contributed by atoms with Gasteiger partial charge in [0.2, 0.25) is 5.96 Å². The quantitative estimate of drug-likeness (QED) is 0.340. The minimum Gasteiger partial charge on any atom is -0.367 e. The first kappa shape index (κ1) is 17.0. The van der Waals surface area contributed by atoms with Crippen LogP contribution in [0.3, 0.4) is 0 Å². The van der Waals surface area contributed by atoms with Crippen molar-refractivity contribution in [1.29, 1.82) is 5.26 Å². The van der Waals surface area contributed by atoms with Crippen LogP contribution in [-0.4, -0.2) is 39.7 Å². The highest BCUT2D eigenvalue weighted by Crippen LogP contribution is 2.25. The molecule has 3 rings (SSSR count). The van der Waals surface area contributed by atoms with E-state index in [9.17, 15) is 0 Å². The topological polar surface area (TPSA) is 102 Å². The molecule has 1 fully saturated rings. The lowest BCUT2D eigenvalue weighted by molar-refractivity contribution is 0.613. The van der Waals surface area contributed by atoms with Crippen LogP contribution in [0.2, 0.25) is 0 Å². The van der Waals surface area contributed by atoms with E-state index in [1.54, 1.807) is 13.2 Å². The second-order valence-corrected chi connectivity index (χ2v) is 6.63. The zero-order chi connectivity index (χ0) is 17.8. The van der Waals surface area contributed by atoms with Gasteiger partial charge in [0.05, 0.1) is 6.20 Å². The third-order valence-corrected chi connectivity index (χ3v) is 4.49. The molecule has 1 saturated carbocycles. The van der Waals surface area contributed by atoms with Crippen LogP contribution in [0.4, 0.5) is 5.82 Å². The van der Waals surface area contributed by atoms with Crippen LogP contribution in [0.1, 0.15) is 44.7 Å². The van der Waals surface area contributed by atoms with Crippen molar-refractivity contribution in [1.82, 2.24) is 25.2 Å². The van der Waals surface area contributed by atoms with Crippen LogP contribution < -0.4 is 16.0 Å². The zero-order valence-electron chi connectivity index (χ0n) is 14.8. The molecule has 3 N–H and O–H groups in total. The molecule has 25 heavy (non-hydrogen) atoms. The number of aliphatic imine (C=N–C) groups is 1. The van der Waals surface area contributed by atoms with Crippen molar-refractivity contribution in [2.75, 3.05) is 12.4 Å². The molecule has 2 atom stereocenters. The average molecular weight is 340 g/mol. The molecule has 8 nitrogen and oxygen atoms in total. The van der Waals surface area contributed by atoms with Crippen molar-refractivity contribution >= 4 is 17.4 Å². The lowest BCUT2D eigenvalue weighted by Crippen LogP contribution is -2.40. The molecule has 0 unspecified atom stereocenters. The Balaban J connectivity index is 1.70. The minimum atomic E-state index is 0.288. The molecular formula is C17H24N8. The Kier molecular flexibility index (Phi) is 5.03. The third kappa shape index (κ3) is 3.82. The molecule has 2 heterocycles. The molecule has 0 radical (unpaired) electrons. The second kappa shape index (κ2) is 7.38. The van der Waals surface area contributed by atoms with Crippen LogP contribution in [0, 0.1) is 11.5 Å². The summed E-state index contributed by atoms with van der Waals surface area (Å²) in [7, 11) is 1.66. The van der Waals surface area contributed by atoms with Gasteiger partial charge >= 0.3 is 0 Å². The van der Waals surface area contributed by atoms with Gasteiger partial charge < -0.3 is 10.6 Å². The fraction of sp³-hybridized carbons (Fsp3) is 0.529. The Bertz CT molecular complexity index is 801. The molecule has 0 saturated heterocycles. The Morgan fingerprint density at radius 3 is 2.92 bits per heavy atom. The molecule has 0 amide bonds. The van der Waals surface area contributed by atoms with E-state index < -0.39 is 0 Å². The highest BCUT2D eigenvalue weighted by atomic mass is 15.3. The fourth-order valence-electron chi connectivity index (χ4n) is 3.19. The molecule has 1 aliphatic rings. The van der Waals surface area contributed by atoms with Crippen molar-refractivity contribution in [3.8, 4) is 6.19 Å². The number of anilines is 1. The normalized spacial score (nSPS) is 20.7. The van der Waals surface area contributed by atoms with Crippen molar-refractivity contribution in [3.63, 3.8) is 0 Å². The molecule has 8 heteroatoms. The van der Waals surface area contributed by atoms with Gasteiger partial charge in [-0.15, -0.1) is 0 Å². The number of nitrogens with one attached hydrogen (secondary N) is 3. The number of nitrogens with zero attached hydrogens (tertiary/aromatic N) is 5. The maximum absolute atomic E-state index is 8.73. The van der Waals surface area contributed by atoms with Gasteiger partial charge in [-0.1, -0.05) is 13.8 Å². The minimum absolute atomic E-state index is 0.288. The highest BCUT2D eigenvalue weighted by Gasteiger charge is 2.26. The van der Waals surface area contributed by atoms with Crippen LogP contribution in [0.5, 0.6) is 0 Å². The summed E-state index contributed by atoms with van der Waals surface area (Å²) in [6.45, 7) is 4.28. The number of hydrogen-bond donors (Lipinski definition) is 3. The Morgan fingerprint density at radius 2 is 2.20 bits per heavy atom. The predicted octanol–water partition coefficient (Wildman–Crippen LogP) is 1.83. The summed E-state index contributed by atoms with van der Waals surface area (Å²) < 4.78 is 1.85. The van der Waals surface area contributed by atoms with E-state index in [0.29, 0.717) is 17.9 Å². The average Bonchev–Trinajstić information content (AvgIpc) is 3.23. The van der Waals surface area contributed by atoms with E-state index in [2.05, 4.69) is 50.9 Å². The summed E-state index contributed by atoms with van der Waals surface area (Å²) in [6.07, 6.45) is 6.69. The number of guanidine groups is 1. The van der Waals surface area contributed by atoms with Gasteiger partial charge in [0.1, 0.15) is 5.82 Å². The molecule has 0 aliphatic heterocycles. The van der Waals surface area contributed by atoms with Crippen molar-refractivity contribution in [3.05, 3.63) is 24.0 Å². The SMILES string of the molecule is CN=C(NC#N)N[C@@H]1CC[C@@H](Nc2cc(C(C)C)nc3ccnn23)C1. The summed E-state index contributed by atoms with van der Waals surface area (Å²) in [4.78, 5) is 8.69. The van der Waals surface area contributed by atoms with Crippen LogP contribution in [0.25, 0.3) is 5.65 Å². The lowest BCUT2D eigenvalue weighted by Gasteiger charge is -2.18. The van der Waals surface area contributed by atoms with E-state index in [0.717, 1.165) is 36.4 Å². The summed E-state index contributed by atoms with van der Waals surface area (Å²) in [5.74, 6) is 1.86. The molecular weight excluding hydrogens is 316 g/mol. The first-order chi connectivity index (χ1) is 12.1. The highest BCUT2D eigenvalue weighted by molar-refractivity contribution is 5.81. The van der Waals surface area contributed by atoms with E-state index in [4.69, 9.17) is 5.26 Å². The molecule has 0 bridgehead atoms. The van der Waals surface area contributed by atoms with E-state index in [1.165, 1.54) is 0 Å². The molecule has 2 aromatic rings. The number of fused-ring (bicyclic) bond motifs is 1. The summed E-state index contributed by atoms with van der Waals surface area (Å²) in [5.41, 5.74) is 1.92. The van der Waals surface area contributed by atoms with Gasteiger partial charge in [0, 0.05) is 37.0 Å². The van der Waals surface area contributed by atoms with Gasteiger partial charge in [-0.3, -0.25) is 10.3 Å². The van der Waals surface area contributed by atoms with E-state index in [-0.39, 0.29) is 6.04 Å². The standard InChI is InChI=1S/C17H24N8/c1-11(2)14-9-16(25-15(24-14)6-7-21-25)22-12-4-5-13(8-12)23-17(19-3)20-10-18/h6-7,9,11-13,22H,4-5,8H2,1-3H3,(H2,19,20,23)/t12-,13-/m1/s1. The number of aromatic nitrogens is 3. The van der Waals surface area contributed by atoms with E-state index >= 15 is 0 Å². The molecule has 2 aromatic heterocycles. The summed E-state index contributed by atoms with van der Waals surface area (Å²) in [5, 5.41) is 22.6. The van der Waals surface area contributed by atoms with Crippen molar-refractivity contribution < 1.29 is 0 Å². The number of nitriles is 1. The summed E-state index contributed by atoms with van der Waals surface area (Å²) >= 11 is 0. The van der Waals surface area contributed by atoms with E-state index in [1.807, 2.05) is 16.8 Å². The predicted molar refractivity (Wildman–Crippen MR) is 97.4 cm³/mol. The first-order valence-electron chi connectivity index (χ1n) is 8.60. The number of rotatable bonds is 4. The fourth-order valence-corrected chi connectivity index (χ4v) is 3.19. The van der Waals surface area contributed by atoms with Gasteiger partial charge in [-0.25, -0.2) is 4.98 Å². The number of hydrogen-bond acceptors (Lipinski definition) is 5. The zero-order valence-corrected chi connectivity index (χ0v) is 14.8. The Hall–Kier alpha value is -2.82. The van der Waals surface area contributed by atoms with Gasteiger partial charge in [0.25, 0.3) is 0 Å². The largest absolute Gasteiger partial charge is 0.367 e. The second-order valence-electron chi connectivity index (χ2n) is 6.63. The maximum Gasteiger partial charge on any atom is 0.204 e. The Labute approximate surface area is 147 Å². The lowest BCUT2D eigenvalue weighted by atomic mass is 10.1. The van der Waals surface area contributed by atoms with Crippen LogP contribution >= 0.6 is 0 Å². The van der Waals surface area contributed by atoms with Crippen molar-refractivity contribution in [2.45, 2.75) is 51.1 Å². The van der Waals surface area contributed by atoms with Gasteiger partial charge in [-0.2, -0.15) is 14.9 Å². The first-order valence-corrected chi connectivity index (χ1v) is 8.60. The molecule has 0 spiro atoms. The van der Waals surface area contributed by atoms with Gasteiger partial charge in [0.15, 0.2) is 11.8 Å². The van der Waals surface area contributed by atoms with Gasteiger partial charge in [-0.05, 0) is 25.2 Å². The molecule has 132 valence electrons. The maximum atomic E-state index is 8.73. The monoisotopic (exact) mass is 340 g/mol. The molecule has 0 aromatic carbocycles. The van der Waals surface area contributed by atoms with Crippen molar-refractivity contribution in [2.24, 2.45) is 4.99 Å². The van der Waals surface area contributed by atoms with Crippen LogP contribution in [-0.2, 0) is 0 Å². The van der Waals surface area contributed by atoms with Crippen LogP contribution in [0.15, 0.2) is 23.3 Å². The third-order valence-electron chi connectivity index (χ3n) is 4.49. The smallest absolute Gasteiger partial charge is 0.204 e. The Morgan fingerprint density at radius 1 is 1.40 bits per heavy atom. The summed E-state index contributed by atoms with van der Waals surface area (Å²) in [6, 6.07) is 4.64. The molecule has 1 aliphatic carbocycles.